The van der Waals surface area contributed by atoms with Crippen molar-refractivity contribution in [1.82, 2.24) is 4.98 Å². The smallest absolute Gasteiger partial charge is 0.206 e. The van der Waals surface area contributed by atoms with Crippen LogP contribution < -0.4 is 11.1 Å². The molecule has 4 nitrogen and oxygen atoms in total. The standard InChI is InChI=1S/C16H11F2N3OS/c17-10-7-5-9(6-8-10)13(22)14-15(19)21-16(23-14)20-12-4-2-1-3-11(12)18/h1-8H,19H2,(H,20,21). The van der Waals surface area contributed by atoms with E-state index in [1.165, 1.54) is 30.3 Å². The number of rotatable bonds is 4. The second-order valence-electron chi connectivity index (χ2n) is 4.67. The molecule has 0 spiro atoms. The predicted octanol–water partition coefficient (Wildman–Crippen LogP) is 3.98. The molecule has 0 radical (unpaired) electrons. The summed E-state index contributed by atoms with van der Waals surface area (Å²) in [4.78, 5) is 16.6. The van der Waals surface area contributed by atoms with Crippen LogP contribution in [0.2, 0.25) is 0 Å². The number of hydrogen-bond donors (Lipinski definition) is 2. The molecule has 2 aromatic carbocycles. The first-order valence-electron chi connectivity index (χ1n) is 6.62. The van der Waals surface area contributed by atoms with Crippen molar-refractivity contribution in [2.75, 3.05) is 11.1 Å². The van der Waals surface area contributed by atoms with E-state index in [-0.39, 0.29) is 22.2 Å². The molecule has 23 heavy (non-hydrogen) atoms. The van der Waals surface area contributed by atoms with E-state index >= 15 is 0 Å². The maximum Gasteiger partial charge on any atom is 0.206 e. The summed E-state index contributed by atoms with van der Waals surface area (Å²) in [7, 11) is 0. The van der Waals surface area contributed by atoms with Crippen molar-refractivity contribution in [3.8, 4) is 0 Å². The van der Waals surface area contributed by atoms with Crippen molar-refractivity contribution in [3.05, 3.63) is 70.6 Å². The van der Waals surface area contributed by atoms with E-state index in [1.54, 1.807) is 18.2 Å². The number of ketones is 1. The number of halogens is 2. The second kappa shape index (κ2) is 6.13. The molecule has 3 N–H and O–H groups in total. The fourth-order valence-corrected chi connectivity index (χ4v) is 2.82. The first-order valence-corrected chi connectivity index (χ1v) is 7.44. The highest BCUT2D eigenvalue weighted by atomic mass is 32.1. The Bertz CT molecular complexity index is 862. The van der Waals surface area contributed by atoms with Crippen molar-refractivity contribution in [2.45, 2.75) is 0 Å². The van der Waals surface area contributed by atoms with Crippen LogP contribution in [0.5, 0.6) is 0 Å². The Balaban J connectivity index is 1.87. The highest BCUT2D eigenvalue weighted by Gasteiger charge is 2.18. The molecule has 0 atom stereocenters. The molecular formula is C16H11F2N3OS. The molecule has 0 saturated carbocycles. The summed E-state index contributed by atoms with van der Waals surface area (Å²) in [6.07, 6.45) is 0. The van der Waals surface area contributed by atoms with E-state index in [2.05, 4.69) is 10.3 Å². The van der Waals surface area contributed by atoms with Crippen LogP contribution in [0.1, 0.15) is 15.2 Å². The van der Waals surface area contributed by atoms with Crippen LogP contribution in [-0.2, 0) is 0 Å². The van der Waals surface area contributed by atoms with E-state index in [1.807, 2.05) is 0 Å². The summed E-state index contributed by atoms with van der Waals surface area (Å²) in [6, 6.07) is 11.2. The molecule has 7 heteroatoms. The van der Waals surface area contributed by atoms with Gasteiger partial charge in [-0.05, 0) is 36.4 Å². The number of anilines is 3. The molecule has 0 aliphatic carbocycles. The van der Waals surface area contributed by atoms with Gasteiger partial charge < -0.3 is 11.1 Å². The van der Waals surface area contributed by atoms with Crippen LogP contribution in [0.4, 0.5) is 25.4 Å². The molecular weight excluding hydrogens is 320 g/mol. The maximum atomic E-state index is 13.6. The minimum absolute atomic E-state index is 0.0446. The highest BCUT2D eigenvalue weighted by Crippen LogP contribution is 2.30. The van der Waals surface area contributed by atoms with Crippen molar-refractivity contribution < 1.29 is 13.6 Å². The van der Waals surface area contributed by atoms with Crippen molar-refractivity contribution >= 4 is 33.8 Å². The zero-order valence-electron chi connectivity index (χ0n) is 11.7. The molecule has 0 fully saturated rings. The fraction of sp³-hybridized carbons (Fsp3) is 0. The first kappa shape index (κ1) is 15.1. The van der Waals surface area contributed by atoms with Crippen molar-refractivity contribution in [3.63, 3.8) is 0 Å². The van der Waals surface area contributed by atoms with E-state index in [9.17, 15) is 13.6 Å². The first-order chi connectivity index (χ1) is 11.0. The molecule has 3 aromatic rings. The zero-order chi connectivity index (χ0) is 16.4. The third-order valence-corrected chi connectivity index (χ3v) is 4.07. The van der Waals surface area contributed by atoms with Crippen LogP contribution in [0.15, 0.2) is 48.5 Å². The lowest BCUT2D eigenvalue weighted by Gasteiger charge is -2.02. The van der Waals surface area contributed by atoms with Gasteiger partial charge in [0.15, 0.2) is 5.13 Å². The lowest BCUT2D eigenvalue weighted by Crippen LogP contribution is -2.02. The van der Waals surface area contributed by atoms with Gasteiger partial charge in [-0.3, -0.25) is 4.79 Å². The number of benzene rings is 2. The minimum atomic E-state index is -0.437. The number of carbonyl (C=O) groups is 1. The van der Waals surface area contributed by atoms with Crippen LogP contribution in [-0.4, -0.2) is 10.8 Å². The average Bonchev–Trinajstić information content (AvgIpc) is 2.90. The normalized spacial score (nSPS) is 10.5. The highest BCUT2D eigenvalue weighted by molar-refractivity contribution is 7.18. The number of hydrogen-bond acceptors (Lipinski definition) is 5. The Labute approximate surface area is 134 Å². The van der Waals surface area contributed by atoms with Gasteiger partial charge in [-0.25, -0.2) is 13.8 Å². The van der Waals surface area contributed by atoms with Crippen LogP contribution >= 0.6 is 11.3 Å². The summed E-state index contributed by atoms with van der Waals surface area (Å²) < 4.78 is 26.5. The SMILES string of the molecule is Nc1nc(Nc2ccccc2F)sc1C(=O)c1ccc(F)cc1. The summed E-state index contributed by atoms with van der Waals surface area (Å²) in [5.41, 5.74) is 6.31. The molecule has 0 aliphatic rings. The molecule has 3 rings (SSSR count). The van der Waals surface area contributed by atoms with Crippen LogP contribution in [0, 0.1) is 11.6 Å². The van der Waals surface area contributed by atoms with Gasteiger partial charge in [-0.15, -0.1) is 0 Å². The number of nitrogens with two attached hydrogens (primary N) is 1. The minimum Gasteiger partial charge on any atom is -0.382 e. The topological polar surface area (TPSA) is 68.0 Å². The van der Waals surface area contributed by atoms with Gasteiger partial charge in [-0.2, -0.15) is 0 Å². The number of nitrogens with zero attached hydrogens (tertiary/aromatic N) is 1. The number of para-hydroxylation sites is 1. The van der Waals surface area contributed by atoms with Gasteiger partial charge in [0.2, 0.25) is 5.78 Å². The van der Waals surface area contributed by atoms with Gasteiger partial charge in [0, 0.05) is 5.56 Å². The Kier molecular flexibility index (Phi) is 4.03. The van der Waals surface area contributed by atoms with Gasteiger partial charge in [-0.1, -0.05) is 23.5 Å². The summed E-state index contributed by atoms with van der Waals surface area (Å²) in [5.74, 6) is -1.18. The number of nitrogens with one attached hydrogen (secondary N) is 1. The Morgan fingerprint density at radius 1 is 1.09 bits per heavy atom. The largest absolute Gasteiger partial charge is 0.382 e. The van der Waals surface area contributed by atoms with Crippen LogP contribution in [0.3, 0.4) is 0 Å². The van der Waals surface area contributed by atoms with E-state index in [4.69, 9.17) is 5.73 Å². The number of aromatic nitrogens is 1. The maximum absolute atomic E-state index is 13.6. The molecule has 0 bridgehead atoms. The molecule has 0 saturated heterocycles. The van der Waals surface area contributed by atoms with Gasteiger partial charge in [0.25, 0.3) is 0 Å². The van der Waals surface area contributed by atoms with E-state index in [0.717, 1.165) is 11.3 Å². The molecule has 1 heterocycles. The van der Waals surface area contributed by atoms with E-state index in [0.29, 0.717) is 10.7 Å². The molecule has 0 amide bonds. The zero-order valence-corrected chi connectivity index (χ0v) is 12.5. The second-order valence-corrected chi connectivity index (χ2v) is 5.67. The molecule has 116 valence electrons. The Morgan fingerprint density at radius 2 is 1.78 bits per heavy atom. The average molecular weight is 331 g/mol. The molecule has 0 aliphatic heterocycles. The summed E-state index contributed by atoms with van der Waals surface area (Å²) >= 11 is 1.01. The lowest BCUT2D eigenvalue weighted by atomic mass is 10.1. The van der Waals surface area contributed by atoms with Crippen LogP contribution in [0.25, 0.3) is 0 Å². The predicted molar refractivity (Wildman–Crippen MR) is 86.0 cm³/mol. The third-order valence-electron chi connectivity index (χ3n) is 3.08. The van der Waals surface area contributed by atoms with Gasteiger partial charge in [0.05, 0.1) is 5.69 Å². The molecule has 1 aromatic heterocycles. The Morgan fingerprint density at radius 3 is 2.48 bits per heavy atom. The summed E-state index contributed by atoms with van der Waals surface area (Å²) in [5, 5.41) is 3.09. The van der Waals surface area contributed by atoms with Crippen molar-refractivity contribution in [2.24, 2.45) is 0 Å². The van der Waals surface area contributed by atoms with Gasteiger partial charge >= 0.3 is 0 Å². The quantitative estimate of drug-likeness (QED) is 0.710. The third kappa shape index (κ3) is 3.19. The fourth-order valence-electron chi connectivity index (χ4n) is 1.96. The number of nitrogen functional groups attached to an aromatic ring is 1. The monoisotopic (exact) mass is 331 g/mol. The number of carbonyl (C=O) groups excluding carboxylic acids is 1. The van der Waals surface area contributed by atoms with Gasteiger partial charge in [0.1, 0.15) is 22.3 Å². The lowest BCUT2D eigenvalue weighted by molar-refractivity contribution is 0.104. The Hall–Kier alpha value is -2.80. The van der Waals surface area contributed by atoms with E-state index < -0.39 is 11.6 Å². The van der Waals surface area contributed by atoms with Crippen molar-refractivity contribution in [1.29, 1.82) is 0 Å². The summed E-state index contributed by atoms with van der Waals surface area (Å²) in [6.45, 7) is 0. The number of thiazole rings is 1. The molecule has 0 unspecified atom stereocenters.